The van der Waals surface area contributed by atoms with Gasteiger partial charge in [-0.25, -0.2) is 14.6 Å². The van der Waals surface area contributed by atoms with Gasteiger partial charge in [0.15, 0.2) is 0 Å². The fraction of sp³-hybridized carbons (Fsp3) is 0.391. The summed E-state index contributed by atoms with van der Waals surface area (Å²) in [7, 11) is 1.51. The third-order valence-electron chi connectivity index (χ3n) is 6.36. The number of aromatic nitrogens is 5. The van der Waals surface area contributed by atoms with Crippen LogP contribution in [0.3, 0.4) is 0 Å². The van der Waals surface area contributed by atoms with E-state index in [0.717, 1.165) is 36.1 Å². The molecule has 2 aromatic heterocycles. The van der Waals surface area contributed by atoms with Crippen molar-refractivity contribution in [2.24, 2.45) is 5.92 Å². The summed E-state index contributed by atoms with van der Waals surface area (Å²) in [6, 6.07) is 9.90. The number of nitrogens with zero attached hydrogens (tertiary/aromatic N) is 6. The zero-order valence-electron chi connectivity index (χ0n) is 18.2. The molecule has 0 spiro atoms. The second-order valence-electron chi connectivity index (χ2n) is 8.48. The molecule has 1 saturated heterocycles. The number of nitriles is 1. The van der Waals surface area contributed by atoms with Gasteiger partial charge in [0.2, 0.25) is 5.91 Å². The fourth-order valence-corrected chi connectivity index (χ4v) is 4.64. The van der Waals surface area contributed by atoms with Crippen molar-refractivity contribution in [1.29, 1.82) is 5.26 Å². The van der Waals surface area contributed by atoms with Crippen LogP contribution in [0.2, 0.25) is 0 Å². The number of fused-ring (bicyclic) bond motifs is 2. The summed E-state index contributed by atoms with van der Waals surface area (Å²) in [6.45, 7) is 0. The molecule has 1 amide bonds. The van der Waals surface area contributed by atoms with E-state index in [1.807, 2.05) is 24.3 Å². The van der Waals surface area contributed by atoms with Gasteiger partial charge >= 0.3 is 6.01 Å². The van der Waals surface area contributed by atoms with Gasteiger partial charge in [-0.3, -0.25) is 4.79 Å². The number of piperidine rings is 1. The Morgan fingerprint density at radius 1 is 1.30 bits per heavy atom. The fourth-order valence-electron chi connectivity index (χ4n) is 4.64. The summed E-state index contributed by atoms with van der Waals surface area (Å²) in [5.41, 5.74) is 3.16. The lowest BCUT2D eigenvalue weighted by molar-refractivity contribution is -0.124. The SMILES string of the molecule is COc1ncc(-c2cn(-c3ccc(C[C@@H](C#N)NC(=O)[C@H]4N[C@@H]5CC[C@H]4C5)cc3)nn2)cn1. The monoisotopic (exact) mass is 444 g/mol. The molecule has 168 valence electrons. The van der Waals surface area contributed by atoms with Crippen LogP contribution < -0.4 is 15.4 Å². The molecule has 3 heterocycles. The smallest absolute Gasteiger partial charge is 0.316 e. The number of ether oxygens (including phenoxy) is 1. The van der Waals surface area contributed by atoms with Crippen molar-refractivity contribution in [1.82, 2.24) is 35.6 Å². The van der Waals surface area contributed by atoms with E-state index >= 15 is 0 Å². The summed E-state index contributed by atoms with van der Waals surface area (Å²) >= 11 is 0. The van der Waals surface area contributed by atoms with Gasteiger partial charge in [-0.1, -0.05) is 17.3 Å². The molecule has 33 heavy (non-hydrogen) atoms. The van der Waals surface area contributed by atoms with Crippen LogP contribution in [0.5, 0.6) is 6.01 Å². The maximum Gasteiger partial charge on any atom is 0.316 e. The second-order valence-corrected chi connectivity index (χ2v) is 8.48. The molecule has 2 N–H and O–H groups in total. The van der Waals surface area contributed by atoms with Crippen molar-refractivity contribution in [2.45, 2.75) is 43.8 Å². The van der Waals surface area contributed by atoms with E-state index in [4.69, 9.17) is 4.74 Å². The van der Waals surface area contributed by atoms with Crippen LogP contribution in [0.1, 0.15) is 24.8 Å². The Morgan fingerprint density at radius 3 is 2.73 bits per heavy atom. The van der Waals surface area contributed by atoms with Crippen molar-refractivity contribution >= 4 is 5.91 Å². The molecule has 3 aromatic rings. The quantitative estimate of drug-likeness (QED) is 0.560. The van der Waals surface area contributed by atoms with Crippen LogP contribution in [0, 0.1) is 17.2 Å². The molecule has 4 atom stereocenters. The van der Waals surface area contributed by atoms with Crippen LogP contribution in [-0.4, -0.2) is 56.1 Å². The van der Waals surface area contributed by atoms with Crippen molar-refractivity contribution < 1.29 is 9.53 Å². The highest BCUT2D eigenvalue weighted by Crippen LogP contribution is 2.35. The lowest BCUT2D eigenvalue weighted by Gasteiger charge is -2.23. The summed E-state index contributed by atoms with van der Waals surface area (Å²) in [5, 5.41) is 24.2. The summed E-state index contributed by atoms with van der Waals surface area (Å²) in [4.78, 5) is 20.8. The van der Waals surface area contributed by atoms with Gasteiger partial charge in [-0.05, 0) is 42.9 Å². The number of benzene rings is 1. The van der Waals surface area contributed by atoms with E-state index in [9.17, 15) is 10.1 Å². The average molecular weight is 444 g/mol. The predicted molar refractivity (Wildman–Crippen MR) is 118 cm³/mol. The Morgan fingerprint density at radius 2 is 2.09 bits per heavy atom. The largest absolute Gasteiger partial charge is 0.467 e. The van der Waals surface area contributed by atoms with Crippen LogP contribution in [0.4, 0.5) is 0 Å². The lowest BCUT2D eigenvalue weighted by Crippen LogP contribution is -2.50. The highest BCUT2D eigenvalue weighted by Gasteiger charge is 2.43. The van der Waals surface area contributed by atoms with E-state index in [2.05, 4.69) is 37.0 Å². The maximum atomic E-state index is 12.6. The molecular formula is C23H24N8O2. The Bertz CT molecular complexity index is 1170. The van der Waals surface area contributed by atoms with E-state index in [-0.39, 0.29) is 11.9 Å². The number of methoxy groups -OCH3 is 1. The van der Waals surface area contributed by atoms with Crippen molar-refractivity contribution in [3.8, 4) is 29.0 Å². The van der Waals surface area contributed by atoms with Crippen LogP contribution >= 0.6 is 0 Å². The van der Waals surface area contributed by atoms with Gasteiger partial charge in [-0.2, -0.15) is 5.26 Å². The highest BCUT2D eigenvalue weighted by atomic mass is 16.5. The number of hydrogen-bond acceptors (Lipinski definition) is 8. The molecule has 1 aliphatic heterocycles. The van der Waals surface area contributed by atoms with E-state index in [1.54, 1.807) is 23.3 Å². The van der Waals surface area contributed by atoms with Gasteiger partial charge in [-0.15, -0.1) is 5.10 Å². The standard InChI is InChI=1S/C23H24N8O2/c1-33-23-25-11-16(12-26-23)20-13-31(30-29-20)19-6-2-14(3-7-19)8-18(10-24)28-22(32)21-15-4-5-17(9-15)27-21/h2-3,6-7,11-13,15,17-18,21,27H,4-5,8-9H2,1H3,(H,28,32)/t15-,17+,18-,21-/m0/s1. The third-order valence-corrected chi connectivity index (χ3v) is 6.36. The first-order chi connectivity index (χ1) is 16.1. The number of hydrogen-bond donors (Lipinski definition) is 2. The van der Waals surface area contributed by atoms with Gasteiger partial charge in [0.1, 0.15) is 11.7 Å². The number of carbonyl (C=O) groups is 1. The molecule has 0 radical (unpaired) electrons. The van der Waals surface area contributed by atoms with E-state index in [0.29, 0.717) is 30.1 Å². The molecule has 1 saturated carbocycles. The van der Waals surface area contributed by atoms with Gasteiger partial charge in [0.05, 0.1) is 31.1 Å². The molecule has 0 unspecified atom stereocenters. The van der Waals surface area contributed by atoms with Gasteiger partial charge in [0, 0.05) is 30.4 Å². The Balaban J connectivity index is 1.21. The molecule has 10 nitrogen and oxygen atoms in total. The lowest BCUT2D eigenvalue weighted by atomic mass is 9.98. The van der Waals surface area contributed by atoms with Crippen LogP contribution in [0.25, 0.3) is 16.9 Å². The topological polar surface area (TPSA) is 131 Å². The Kier molecular flexibility index (Phi) is 5.71. The first kappa shape index (κ1) is 21.0. The molecule has 2 fully saturated rings. The van der Waals surface area contributed by atoms with Crippen molar-refractivity contribution in [3.05, 3.63) is 48.4 Å². The highest BCUT2D eigenvalue weighted by molar-refractivity contribution is 5.83. The Labute approximate surface area is 191 Å². The molecule has 5 rings (SSSR count). The number of rotatable bonds is 7. The van der Waals surface area contributed by atoms with Gasteiger partial charge < -0.3 is 15.4 Å². The van der Waals surface area contributed by atoms with Crippen LogP contribution in [-0.2, 0) is 11.2 Å². The average Bonchev–Trinajstić information content (AvgIpc) is 3.62. The zero-order chi connectivity index (χ0) is 22.8. The maximum absolute atomic E-state index is 12.6. The van der Waals surface area contributed by atoms with E-state index < -0.39 is 6.04 Å². The third kappa shape index (κ3) is 4.40. The predicted octanol–water partition coefficient (Wildman–Crippen LogP) is 1.42. The molecule has 1 aromatic carbocycles. The number of amides is 1. The van der Waals surface area contributed by atoms with Crippen molar-refractivity contribution in [3.63, 3.8) is 0 Å². The minimum absolute atomic E-state index is 0.0666. The number of carbonyl (C=O) groups excluding carboxylic acids is 1. The molecule has 10 heteroatoms. The van der Waals surface area contributed by atoms with E-state index in [1.165, 1.54) is 7.11 Å². The molecular weight excluding hydrogens is 420 g/mol. The van der Waals surface area contributed by atoms with Crippen molar-refractivity contribution in [2.75, 3.05) is 7.11 Å². The first-order valence-electron chi connectivity index (χ1n) is 11.0. The Hall–Kier alpha value is -3.84. The summed E-state index contributed by atoms with van der Waals surface area (Å²) in [6.07, 6.45) is 8.79. The molecule has 2 aliphatic rings. The van der Waals surface area contributed by atoms with Crippen LogP contribution in [0.15, 0.2) is 42.9 Å². The normalized spacial score (nSPS) is 22.0. The van der Waals surface area contributed by atoms with Gasteiger partial charge in [0.25, 0.3) is 0 Å². The first-order valence-corrected chi connectivity index (χ1v) is 11.0. The zero-order valence-corrected chi connectivity index (χ0v) is 18.2. The summed E-state index contributed by atoms with van der Waals surface area (Å²) < 4.78 is 6.64. The summed E-state index contributed by atoms with van der Waals surface area (Å²) in [5.74, 6) is 0.328. The second kappa shape index (κ2) is 8.96. The minimum Gasteiger partial charge on any atom is -0.467 e. The minimum atomic E-state index is -0.572. The number of nitrogens with one attached hydrogen (secondary N) is 2. The molecule has 2 bridgehead atoms. The molecule has 1 aliphatic carbocycles.